The summed E-state index contributed by atoms with van der Waals surface area (Å²) in [7, 11) is 1.66. The Morgan fingerprint density at radius 2 is 1.71 bits per heavy atom. The first-order valence-corrected chi connectivity index (χ1v) is 16.7. The number of carbonyl (C=O) groups is 2. The molecule has 5 N–H and O–H groups in total. The van der Waals surface area contributed by atoms with E-state index in [9.17, 15) is 19.8 Å². The number of aliphatic hydroxyl groups is 2. The predicted molar refractivity (Wildman–Crippen MR) is 162 cm³/mol. The molecule has 9 nitrogen and oxygen atoms in total. The van der Waals surface area contributed by atoms with Crippen LogP contribution >= 0.6 is 0 Å². The monoisotopic (exact) mass is 596 g/mol. The molecule has 0 aromatic carbocycles. The van der Waals surface area contributed by atoms with Crippen LogP contribution in [0.4, 0.5) is 0 Å². The molecule has 0 radical (unpaired) electrons. The molecule has 3 rings (SSSR count). The largest absolute Gasteiger partial charge is 0.462 e. The second-order valence-electron chi connectivity index (χ2n) is 14.1. The minimum atomic E-state index is -0.496. The van der Waals surface area contributed by atoms with E-state index in [1.807, 2.05) is 0 Å². The molecule has 0 spiro atoms. The summed E-state index contributed by atoms with van der Waals surface area (Å²) in [6, 6.07) is 0. The molecule has 1 saturated heterocycles. The lowest BCUT2D eigenvalue weighted by Gasteiger charge is -2.45. The highest BCUT2D eigenvalue weighted by molar-refractivity contribution is 5.66. The maximum atomic E-state index is 12.3. The standard InChI is InChI=1S/C33H60N2O7/c1-20(2)13-23-7-6-8-27(38)15-26(14-23)31(42-22(4)37)18-28(41-21(3)36)10-9-24-16-32(40-5)30(39)19-29(24)25-11-12-35-33(34)17-25/h20,23-33,35,38-39H,6-19,34H2,1-5H3. The number of rotatable bonds is 12. The van der Waals surface area contributed by atoms with Gasteiger partial charge in [-0.15, -0.1) is 0 Å². The topological polar surface area (TPSA) is 140 Å². The second-order valence-corrected chi connectivity index (χ2v) is 14.1. The van der Waals surface area contributed by atoms with Crippen molar-refractivity contribution in [2.45, 2.75) is 148 Å². The summed E-state index contributed by atoms with van der Waals surface area (Å²) >= 11 is 0. The van der Waals surface area contributed by atoms with Gasteiger partial charge in [0.25, 0.3) is 0 Å². The van der Waals surface area contributed by atoms with E-state index in [2.05, 4.69) is 19.2 Å². The Labute approximate surface area is 254 Å². The van der Waals surface area contributed by atoms with E-state index < -0.39 is 24.4 Å². The first-order valence-electron chi connectivity index (χ1n) is 16.7. The number of piperidine rings is 1. The van der Waals surface area contributed by atoms with Gasteiger partial charge in [-0.1, -0.05) is 26.7 Å². The van der Waals surface area contributed by atoms with Crippen molar-refractivity contribution < 1.29 is 34.0 Å². The zero-order chi connectivity index (χ0) is 30.8. The average molecular weight is 597 g/mol. The highest BCUT2D eigenvalue weighted by Gasteiger charge is 2.42. The third-order valence-electron chi connectivity index (χ3n) is 10.2. The van der Waals surface area contributed by atoms with Crippen LogP contribution in [-0.2, 0) is 23.8 Å². The van der Waals surface area contributed by atoms with Crippen LogP contribution in [0.25, 0.3) is 0 Å². The molecule has 0 aromatic rings. The van der Waals surface area contributed by atoms with Gasteiger partial charge in [0.05, 0.1) is 24.5 Å². The number of nitrogens with one attached hydrogen (secondary N) is 1. The van der Waals surface area contributed by atoms with Gasteiger partial charge in [-0.05, 0) is 106 Å². The number of ether oxygens (including phenoxy) is 3. The van der Waals surface area contributed by atoms with Crippen LogP contribution < -0.4 is 11.1 Å². The number of hydrogen-bond acceptors (Lipinski definition) is 9. The van der Waals surface area contributed by atoms with E-state index in [4.69, 9.17) is 19.9 Å². The molecule has 0 bridgehead atoms. The summed E-state index contributed by atoms with van der Waals surface area (Å²) in [6.07, 6.45) is 8.73. The first kappa shape index (κ1) is 35.2. The van der Waals surface area contributed by atoms with E-state index in [1.165, 1.54) is 13.8 Å². The van der Waals surface area contributed by atoms with Gasteiger partial charge in [-0.25, -0.2) is 0 Å². The minimum Gasteiger partial charge on any atom is -0.462 e. The molecule has 1 heterocycles. The maximum absolute atomic E-state index is 12.3. The number of aliphatic hydroxyl groups excluding tert-OH is 2. The molecule has 11 atom stereocenters. The molecule has 3 aliphatic rings. The molecule has 42 heavy (non-hydrogen) atoms. The molecule has 0 amide bonds. The Kier molecular flexibility index (Phi) is 14.5. The van der Waals surface area contributed by atoms with Gasteiger partial charge in [0.1, 0.15) is 12.2 Å². The van der Waals surface area contributed by atoms with E-state index in [1.54, 1.807) is 7.11 Å². The highest BCUT2D eigenvalue weighted by atomic mass is 16.6. The van der Waals surface area contributed by atoms with Crippen molar-refractivity contribution in [1.29, 1.82) is 0 Å². The molecule has 3 fully saturated rings. The molecule has 244 valence electrons. The van der Waals surface area contributed by atoms with Crippen molar-refractivity contribution in [2.75, 3.05) is 13.7 Å². The summed E-state index contributed by atoms with van der Waals surface area (Å²) in [6.45, 7) is 8.23. The maximum Gasteiger partial charge on any atom is 0.302 e. The van der Waals surface area contributed by atoms with Gasteiger partial charge in [-0.3, -0.25) is 9.59 Å². The van der Waals surface area contributed by atoms with Crippen LogP contribution in [0.5, 0.6) is 0 Å². The SMILES string of the molecule is COC1CC(CCC(CC(OC(C)=O)C2CC(O)CCCC(CC(C)C)C2)OC(C)=O)C(C2CCNC(N)C2)CC1O. The number of methoxy groups -OCH3 is 1. The Balaban J connectivity index is 1.77. The third kappa shape index (κ3) is 11.3. The molecule has 11 unspecified atom stereocenters. The van der Waals surface area contributed by atoms with Crippen molar-refractivity contribution in [3.05, 3.63) is 0 Å². The van der Waals surface area contributed by atoms with Crippen LogP contribution in [0.15, 0.2) is 0 Å². The Morgan fingerprint density at radius 1 is 0.976 bits per heavy atom. The van der Waals surface area contributed by atoms with Crippen molar-refractivity contribution >= 4 is 11.9 Å². The normalized spacial score (nSPS) is 36.0. The fraction of sp³-hybridized carbons (Fsp3) is 0.939. The lowest BCUT2D eigenvalue weighted by Crippen LogP contribution is -2.49. The lowest BCUT2D eigenvalue weighted by atomic mass is 9.66. The summed E-state index contributed by atoms with van der Waals surface area (Å²) < 4.78 is 17.5. The fourth-order valence-electron chi connectivity index (χ4n) is 8.39. The fourth-order valence-corrected chi connectivity index (χ4v) is 8.39. The van der Waals surface area contributed by atoms with Gasteiger partial charge in [0.15, 0.2) is 0 Å². The zero-order valence-electron chi connectivity index (χ0n) is 26.8. The summed E-state index contributed by atoms with van der Waals surface area (Å²) in [5, 5.41) is 24.9. The highest BCUT2D eigenvalue weighted by Crippen LogP contribution is 2.43. The lowest BCUT2D eigenvalue weighted by molar-refractivity contribution is -0.157. The van der Waals surface area contributed by atoms with Crippen LogP contribution in [0.1, 0.15) is 111 Å². The van der Waals surface area contributed by atoms with Gasteiger partial charge in [0.2, 0.25) is 0 Å². The smallest absolute Gasteiger partial charge is 0.302 e. The summed E-state index contributed by atoms with van der Waals surface area (Å²) in [4.78, 5) is 24.6. The Morgan fingerprint density at radius 3 is 2.36 bits per heavy atom. The van der Waals surface area contributed by atoms with Crippen molar-refractivity contribution in [1.82, 2.24) is 5.32 Å². The molecule has 9 heteroatoms. The van der Waals surface area contributed by atoms with Crippen LogP contribution in [0.2, 0.25) is 0 Å². The first-order chi connectivity index (χ1) is 19.9. The van der Waals surface area contributed by atoms with E-state index in [0.29, 0.717) is 55.3 Å². The zero-order valence-corrected chi connectivity index (χ0v) is 26.8. The molecule has 2 saturated carbocycles. The van der Waals surface area contributed by atoms with Crippen molar-refractivity contribution in [2.24, 2.45) is 41.2 Å². The average Bonchev–Trinajstić information content (AvgIpc) is 2.89. The summed E-state index contributed by atoms with van der Waals surface area (Å²) in [5.41, 5.74) is 6.26. The van der Waals surface area contributed by atoms with Gasteiger partial charge in [-0.2, -0.15) is 0 Å². The van der Waals surface area contributed by atoms with Crippen LogP contribution in [0.3, 0.4) is 0 Å². The molecular formula is C33H60N2O7. The van der Waals surface area contributed by atoms with Crippen LogP contribution in [0, 0.1) is 35.5 Å². The molecule has 2 aliphatic carbocycles. The molecular weight excluding hydrogens is 536 g/mol. The predicted octanol–water partition coefficient (Wildman–Crippen LogP) is 4.31. The number of esters is 2. The van der Waals surface area contributed by atoms with Gasteiger partial charge in [0, 0.05) is 27.4 Å². The van der Waals surface area contributed by atoms with E-state index >= 15 is 0 Å². The quantitative estimate of drug-likeness (QED) is 0.243. The van der Waals surface area contributed by atoms with Gasteiger partial charge >= 0.3 is 11.9 Å². The Hall–Kier alpha value is -1.26. The Bertz CT molecular complexity index is 826. The summed E-state index contributed by atoms with van der Waals surface area (Å²) in [5.74, 6) is 1.47. The van der Waals surface area contributed by atoms with E-state index in [0.717, 1.165) is 64.3 Å². The number of nitrogens with two attached hydrogens (primary N) is 1. The van der Waals surface area contributed by atoms with Gasteiger partial charge < -0.3 is 35.5 Å². The molecule has 1 aliphatic heterocycles. The van der Waals surface area contributed by atoms with Crippen molar-refractivity contribution in [3.8, 4) is 0 Å². The minimum absolute atomic E-state index is 0.0117. The number of carbonyl (C=O) groups excluding carboxylic acids is 2. The van der Waals surface area contributed by atoms with E-state index in [-0.39, 0.29) is 30.1 Å². The molecule has 0 aromatic heterocycles. The van der Waals surface area contributed by atoms with Crippen LogP contribution in [-0.4, -0.2) is 72.5 Å². The second kappa shape index (κ2) is 17.3. The van der Waals surface area contributed by atoms with Crippen molar-refractivity contribution in [3.63, 3.8) is 0 Å². The third-order valence-corrected chi connectivity index (χ3v) is 10.2. The number of hydrogen-bond donors (Lipinski definition) is 4.